The van der Waals surface area contributed by atoms with Crippen LogP contribution in [0, 0.1) is 15.9 Å². The molecule has 7 nitrogen and oxygen atoms in total. The molecule has 0 aliphatic heterocycles. The SMILES string of the molecule is NC(=O)C(COc1c(F)cccc1[N+](=O)[O-])NC1CC1. The first kappa shape index (κ1) is 14.2. The number of benzene rings is 1. The van der Waals surface area contributed by atoms with Gasteiger partial charge in [-0.05, 0) is 18.9 Å². The van der Waals surface area contributed by atoms with E-state index >= 15 is 0 Å². The Labute approximate surface area is 114 Å². The third kappa shape index (κ3) is 3.41. The highest BCUT2D eigenvalue weighted by atomic mass is 19.1. The van der Waals surface area contributed by atoms with Crippen molar-refractivity contribution in [2.24, 2.45) is 5.73 Å². The molecule has 1 aliphatic rings. The van der Waals surface area contributed by atoms with Crippen molar-refractivity contribution in [1.82, 2.24) is 5.32 Å². The number of carbonyl (C=O) groups excluding carboxylic acids is 1. The maximum atomic E-state index is 13.6. The first-order valence-corrected chi connectivity index (χ1v) is 6.10. The number of rotatable bonds is 7. The minimum Gasteiger partial charge on any atom is -0.483 e. The number of amides is 1. The second-order valence-electron chi connectivity index (χ2n) is 4.55. The molecular formula is C12H14FN3O4. The summed E-state index contributed by atoms with van der Waals surface area (Å²) in [7, 11) is 0. The van der Waals surface area contributed by atoms with Crippen LogP contribution in [0.15, 0.2) is 18.2 Å². The summed E-state index contributed by atoms with van der Waals surface area (Å²) in [5, 5.41) is 13.7. The number of nitro benzene ring substituents is 1. The zero-order chi connectivity index (χ0) is 14.7. The zero-order valence-corrected chi connectivity index (χ0v) is 10.5. The van der Waals surface area contributed by atoms with Gasteiger partial charge in [-0.1, -0.05) is 6.07 Å². The van der Waals surface area contributed by atoms with Crippen molar-refractivity contribution in [1.29, 1.82) is 0 Å². The van der Waals surface area contributed by atoms with E-state index in [0.29, 0.717) is 0 Å². The van der Waals surface area contributed by atoms with E-state index < -0.39 is 34.1 Å². The van der Waals surface area contributed by atoms with Gasteiger partial charge in [0, 0.05) is 12.1 Å². The molecule has 0 heterocycles. The van der Waals surface area contributed by atoms with E-state index in [4.69, 9.17) is 10.5 Å². The molecule has 1 unspecified atom stereocenters. The van der Waals surface area contributed by atoms with Crippen LogP contribution in [0.5, 0.6) is 5.75 Å². The fourth-order valence-corrected chi connectivity index (χ4v) is 1.70. The number of nitrogens with two attached hydrogens (primary N) is 1. The number of nitro groups is 1. The lowest BCUT2D eigenvalue weighted by molar-refractivity contribution is -0.386. The van der Waals surface area contributed by atoms with E-state index in [-0.39, 0.29) is 12.6 Å². The Morgan fingerprint density at radius 1 is 1.60 bits per heavy atom. The van der Waals surface area contributed by atoms with Crippen LogP contribution in [0.25, 0.3) is 0 Å². The Morgan fingerprint density at radius 2 is 2.30 bits per heavy atom. The van der Waals surface area contributed by atoms with Crippen LogP contribution in [-0.2, 0) is 4.79 Å². The van der Waals surface area contributed by atoms with E-state index in [1.54, 1.807) is 0 Å². The largest absolute Gasteiger partial charge is 0.483 e. The lowest BCUT2D eigenvalue weighted by atomic mass is 10.2. The molecule has 0 bridgehead atoms. The second kappa shape index (κ2) is 5.83. The lowest BCUT2D eigenvalue weighted by Gasteiger charge is -2.16. The van der Waals surface area contributed by atoms with Crippen LogP contribution in [0.4, 0.5) is 10.1 Å². The summed E-state index contributed by atoms with van der Waals surface area (Å²) in [5.41, 5.74) is 4.72. The summed E-state index contributed by atoms with van der Waals surface area (Å²) in [6.45, 7) is -0.256. The average Bonchev–Trinajstić information content (AvgIpc) is 3.18. The number of carbonyl (C=O) groups is 1. The quantitative estimate of drug-likeness (QED) is 0.566. The highest BCUT2D eigenvalue weighted by molar-refractivity contribution is 5.80. The van der Waals surface area contributed by atoms with Crippen molar-refractivity contribution in [2.45, 2.75) is 24.9 Å². The zero-order valence-electron chi connectivity index (χ0n) is 10.5. The Morgan fingerprint density at radius 3 is 2.85 bits per heavy atom. The monoisotopic (exact) mass is 283 g/mol. The van der Waals surface area contributed by atoms with Gasteiger partial charge in [0.2, 0.25) is 11.7 Å². The first-order chi connectivity index (χ1) is 9.49. The van der Waals surface area contributed by atoms with Crippen LogP contribution in [0.1, 0.15) is 12.8 Å². The highest BCUT2D eigenvalue weighted by Crippen LogP contribution is 2.29. The smallest absolute Gasteiger partial charge is 0.314 e. The third-order valence-corrected chi connectivity index (χ3v) is 2.89. The number of primary amides is 1. The lowest BCUT2D eigenvalue weighted by Crippen LogP contribution is -2.46. The van der Waals surface area contributed by atoms with E-state index in [1.165, 1.54) is 6.07 Å². The Kier molecular flexibility index (Phi) is 4.14. The maximum absolute atomic E-state index is 13.6. The number of ether oxygens (including phenoxy) is 1. The van der Waals surface area contributed by atoms with E-state index in [0.717, 1.165) is 25.0 Å². The van der Waals surface area contributed by atoms with Gasteiger partial charge in [-0.2, -0.15) is 0 Å². The van der Waals surface area contributed by atoms with E-state index in [9.17, 15) is 19.3 Å². The van der Waals surface area contributed by atoms with Crippen molar-refractivity contribution in [3.8, 4) is 5.75 Å². The molecule has 1 atom stereocenters. The molecule has 0 aromatic heterocycles. The van der Waals surface area contributed by atoms with Crippen molar-refractivity contribution < 1.29 is 18.8 Å². The normalized spacial score (nSPS) is 15.7. The van der Waals surface area contributed by atoms with Crippen LogP contribution in [0.3, 0.4) is 0 Å². The fourth-order valence-electron chi connectivity index (χ4n) is 1.70. The molecule has 1 saturated carbocycles. The summed E-state index contributed by atoms with van der Waals surface area (Å²) < 4.78 is 18.7. The highest BCUT2D eigenvalue weighted by Gasteiger charge is 2.29. The molecule has 1 aromatic carbocycles. The standard InChI is InChI=1S/C12H14FN3O4/c13-8-2-1-3-10(16(18)19)11(8)20-6-9(12(14)17)15-7-4-5-7/h1-3,7,9,15H,4-6H2,(H2,14,17). The van der Waals surface area contributed by atoms with Gasteiger partial charge in [0.15, 0.2) is 5.82 Å². The van der Waals surface area contributed by atoms with Gasteiger partial charge in [-0.25, -0.2) is 4.39 Å². The van der Waals surface area contributed by atoms with Crippen molar-refractivity contribution in [2.75, 3.05) is 6.61 Å². The molecule has 1 aliphatic carbocycles. The summed E-state index contributed by atoms with van der Waals surface area (Å²) in [5.74, 6) is -1.98. The van der Waals surface area contributed by atoms with Crippen LogP contribution in [0.2, 0.25) is 0 Å². The fraction of sp³-hybridized carbons (Fsp3) is 0.417. The van der Waals surface area contributed by atoms with Gasteiger partial charge in [-0.3, -0.25) is 14.9 Å². The van der Waals surface area contributed by atoms with Gasteiger partial charge in [0.1, 0.15) is 12.6 Å². The van der Waals surface area contributed by atoms with Crippen molar-refractivity contribution in [3.05, 3.63) is 34.1 Å². The van der Waals surface area contributed by atoms with Crippen LogP contribution >= 0.6 is 0 Å². The molecule has 108 valence electrons. The molecule has 0 spiro atoms. The van der Waals surface area contributed by atoms with Gasteiger partial charge in [0.25, 0.3) is 0 Å². The van der Waals surface area contributed by atoms with Crippen LogP contribution < -0.4 is 15.8 Å². The Balaban J connectivity index is 2.08. The molecule has 3 N–H and O–H groups in total. The summed E-state index contributed by atoms with van der Waals surface area (Å²) in [6, 6.07) is 2.80. The summed E-state index contributed by atoms with van der Waals surface area (Å²) in [4.78, 5) is 21.3. The first-order valence-electron chi connectivity index (χ1n) is 6.10. The molecule has 20 heavy (non-hydrogen) atoms. The molecule has 2 rings (SSSR count). The summed E-state index contributed by atoms with van der Waals surface area (Å²) in [6.07, 6.45) is 1.87. The predicted molar refractivity (Wildman–Crippen MR) is 67.7 cm³/mol. The average molecular weight is 283 g/mol. The molecule has 1 amide bonds. The van der Waals surface area contributed by atoms with E-state index in [2.05, 4.69) is 5.32 Å². The molecule has 8 heteroatoms. The molecular weight excluding hydrogens is 269 g/mol. The minimum absolute atomic E-state index is 0.201. The van der Waals surface area contributed by atoms with Gasteiger partial charge in [0.05, 0.1) is 4.92 Å². The number of nitrogens with one attached hydrogen (secondary N) is 1. The van der Waals surface area contributed by atoms with Gasteiger partial charge < -0.3 is 15.8 Å². The predicted octanol–water partition coefficient (Wildman–Crippen LogP) is 0.719. The number of para-hydroxylation sites is 1. The van der Waals surface area contributed by atoms with Gasteiger partial charge >= 0.3 is 5.69 Å². The molecule has 1 aromatic rings. The second-order valence-corrected chi connectivity index (χ2v) is 4.55. The number of hydrogen-bond acceptors (Lipinski definition) is 5. The molecule has 0 radical (unpaired) electrons. The number of hydrogen-bond donors (Lipinski definition) is 2. The Bertz CT molecular complexity index is 533. The van der Waals surface area contributed by atoms with E-state index in [1.807, 2.05) is 0 Å². The van der Waals surface area contributed by atoms with Crippen LogP contribution in [-0.4, -0.2) is 29.5 Å². The maximum Gasteiger partial charge on any atom is 0.314 e. The number of halogens is 1. The van der Waals surface area contributed by atoms with Gasteiger partial charge in [-0.15, -0.1) is 0 Å². The topological polar surface area (TPSA) is 107 Å². The minimum atomic E-state index is -0.853. The van der Waals surface area contributed by atoms with Crippen molar-refractivity contribution >= 4 is 11.6 Å². The third-order valence-electron chi connectivity index (χ3n) is 2.89. The van der Waals surface area contributed by atoms with Crippen molar-refractivity contribution in [3.63, 3.8) is 0 Å². The molecule has 0 saturated heterocycles. The summed E-state index contributed by atoms with van der Waals surface area (Å²) >= 11 is 0. The Hall–Kier alpha value is -2.22. The number of nitrogens with zero attached hydrogens (tertiary/aromatic N) is 1. The molecule has 1 fully saturated rings.